The van der Waals surface area contributed by atoms with Crippen LogP contribution in [0.1, 0.15) is 21.5 Å². The van der Waals surface area contributed by atoms with Crippen molar-refractivity contribution in [2.75, 3.05) is 11.9 Å². The maximum atomic E-state index is 13.2. The standard InChI is InChI=1S/C24H21FN2O2/c25-20-10-6-9-19(17-20)13-14-23(28)27-22-12-5-4-11-21(22)24(29)26-16-15-18-7-2-1-3-8-18/h1-14,17H,15-16H2,(H,26,29)(H,27,28)/b14-13+. The smallest absolute Gasteiger partial charge is 0.253 e. The molecular weight excluding hydrogens is 367 g/mol. The summed E-state index contributed by atoms with van der Waals surface area (Å²) in [4.78, 5) is 24.8. The summed E-state index contributed by atoms with van der Waals surface area (Å²) in [6.45, 7) is 0.491. The van der Waals surface area contributed by atoms with Gasteiger partial charge in [0.2, 0.25) is 5.91 Å². The molecule has 0 aliphatic rings. The fraction of sp³-hybridized carbons (Fsp3) is 0.0833. The quantitative estimate of drug-likeness (QED) is 0.588. The van der Waals surface area contributed by atoms with Gasteiger partial charge in [-0.2, -0.15) is 0 Å². The maximum Gasteiger partial charge on any atom is 0.253 e. The van der Waals surface area contributed by atoms with E-state index in [0.29, 0.717) is 23.4 Å². The van der Waals surface area contributed by atoms with Gasteiger partial charge in [-0.15, -0.1) is 0 Å². The van der Waals surface area contributed by atoms with Crippen molar-refractivity contribution < 1.29 is 14.0 Å². The van der Waals surface area contributed by atoms with Crippen molar-refractivity contribution in [1.29, 1.82) is 0 Å². The third-order valence-electron chi connectivity index (χ3n) is 4.25. The van der Waals surface area contributed by atoms with Gasteiger partial charge in [0.05, 0.1) is 11.3 Å². The summed E-state index contributed by atoms with van der Waals surface area (Å²) in [5.74, 6) is -1.03. The number of amides is 2. The van der Waals surface area contributed by atoms with Gasteiger partial charge in [-0.25, -0.2) is 4.39 Å². The topological polar surface area (TPSA) is 58.2 Å². The molecule has 0 heterocycles. The molecule has 0 spiro atoms. The molecule has 3 rings (SSSR count). The Morgan fingerprint density at radius 3 is 2.45 bits per heavy atom. The molecule has 29 heavy (non-hydrogen) atoms. The van der Waals surface area contributed by atoms with Crippen LogP contribution in [0.15, 0.2) is 84.9 Å². The molecule has 3 aromatic carbocycles. The summed E-state index contributed by atoms with van der Waals surface area (Å²) >= 11 is 0. The molecule has 0 saturated carbocycles. The van der Waals surface area contributed by atoms with Gasteiger partial charge in [0.1, 0.15) is 5.82 Å². The van der Waals surface area contributed by atoms with Gasteiger partial charge >= 0.3 is 0 Å². The van der Waals surface area contributed by atoms with Crippen LogP contribution in [0.4, 0.5) is 10.1 Å². The molecule has 2 amide bonds. The number of carbonyl (C=O) groups is 2. The highest BCUT2D eigenvalue weighted by Gasteiger charge is 2.11. The lowest BCUT2D eigenvalue weighted by molar-refractivity contribution is -0.111. The fourth-order valence-electron chi connectivity index (χ4n) is 2.81. The van der Waals surface area contributed by atoms with Crippen LogP contribution in [-0.4, -0.2) is 18.4 Å². The zero-order valence-corrected chi connectivity index (χ0v) is 15.8. The fourth-order valence-corrected chi connectivity index (χ4v) is 2.81. The van der Waals surface area contributed by atoms with E-state index in [4.69, 9.17) is 0 Å². The summed E-state index contributed by atoms with van der Waals surface area (Å²) in [5.41, 5.74) is 2.51. The minimum Gasteiger partial charge on any atom is -0.352 e. The van der Waals surface area contributed by atoms with E-state index in [1.165, 1.54) is 24.3 Å². The van der Waals surface area contributed by atoms with Crippen LogP contribution < -0.4 is 10.6 Å². The van der Waals surface area contributed by atoms with Crippen molar-refractivity contribution in [1.82, 2.24) is 5.32 Å². The van der Waals surface area contributed by atoms with E-state index in [1.54, 1.807) is 36.4 Å². The highest BCUT2D eigenvalue weighted by Crippen LogP contribution is 2.15. The average Bonchev–Trinajstić information content (AvgIpc) is 2.73. The first-order valence-electron chi connectivity index (χ1n) is 9.27. The Labute approximate surface area is 169 Å². The lowest BCUT2D eigenvalue weighted by Crippen LogP contribution is -2.27. The Hall–Kier alpha value is -3.73. The molecule has 0 atom stereocenters. The normalized spacial score (nSPS) is 10.7. The summed E-state index contributed by atoms with van der Waals surface area (Å²) in [6, 6.07) is 22.6. The number of anilines is 1. The Balaban J connectivity index is 1.60. The molecule has 2 N–H and O–H groups in total. The van der Waals surface area contributed by atoms with Gasteiger partial charge in [-0.1, -0.05) is 54.6 Å². The number of benzene rings is 3. The molecule has 3 aromatic rings. The van der Waals surface area contributed by atoms with Gasteiger partial charge in [-0.05, 0) is 47.9 Å². The summed E-state index contributed by atoms with van der Waals surface area (Å²) in [6.07, 6.45) is 3.54. The summed E-state index contributed by atoms with van der Waals surface area (Å²) < 4.78 is 13.2. The minimum absolute atomic E-state index is 0.258. The second-order valence-corrected chi connectivity index (χ2v) is 6.41. The summed E-state index contributed by atoms with van der Waals surface area (Å²) in [5, 5.41) is 5.58. The van der Waals surface area contributed by atoms with E-state index in [1.807, 2.05) is 30.3 Å². The number of hydrogen-bond donors (Lipinski definition) is 2. The van der Waals surface area contributed by atoms with Crippen LogP contribution >= 0.6 is 0 Å². The second-order valence-electron chi connectivity index (χ2n) is 6.41. The molecule has 0 unspecified atom stereocenters. The van der Waals surface area contributed by atoms with Crippen molar-refractivity contribution >= 4 is 23.6 Å². The highest BCUT2D eigenvalue weighted by atomic mass is 19.1. The van der Waals surface area contributed by atoms with E-state index in [-0.39, 0.29) is 11.7 Å². The Kier molecular flexibility index (Phi) is 6.90. The van der Waals surface area contributed by atoms with Gasteiger partial charge in [-0.3, -0.25) is 9.59 Å². The van der Waals surface area contributed by atoms with Gasteiger partial charge in [0, 0.05) is 12.6 Å². The number of para-hydroxylation sites is 1. The van der Waals surface area contributed by atoms with Crippen LogP contribution in [0.2, 0.25) is 0 Å². The largest absolute Gasteiger partial charge is 0.352 e. The molecule has 0 saturated heterocycles. The monoisotopic (exact) mass is 388 g/mol. The predicted molar refractivity (Wildman–Crippen MR) is 113 cm³/mol. The highest BCUT2D eigenvalue weighted by molar-refractivity contribution is 6.07. The maximum absolute atomic E-state index is 13.2. The predicted octanol–water partition coefficient (Wildman–Crippen LogP) is 4.45. The number of hydrogen-bond acceptors (Lipinski definition) is 2. The van der Waals surface area contributed by atoms with Crippen LogP contribution in [0.3, 0.4) is 0 Å². The van der Waals surface area contributed by atoms with Gasteiger partial charge < -0.3 is 10.6 Å². The number of carbonyl (C=O) groups excluding carboxylic acids is 2. The van der Waals surface area contributed by atoms with E-state index >= 15 is 0 Å². The Bertz CT molecular complexity index is 1020. The third-order valence-corrected chi connectivity index (χ3v) is 4.25. The van der Waals surface area contributed by atoms with E-state index < -0.39 is 5.91 Å². The Morgan fingerprint density at radius 2 is 1.66 bits per heavy atom. The number of nitrogens with one attached hydrogen (secondary N) is 2. The van der Waals surface area contributed by atoms with Crippen LogP contribution in [0, 0.1) is 5.82 Å². The molecule has 0 aliphatic carbocycles. The van der Waals surface area contributed by atoms with Crippen molar-refractivity contribution in [2.45, 2.75) is 6.42 Å². The first-order valence-corrected chi connectivity index (χ1v) is 9.27. The SMILES string of the molecule is O=C(/C=C/c1cccc(F)c1)Nc1ccccc1C(=O)NCCc1ccccc1. The lowest BCUT2D eigenvalue weighted by Gasteiger charge is -2.10. The van der Waals surface area contributed by atoms with Crippen LogP contribution in [0.25, 0.3) is 6.08 Å². The Morgan fingerprint density at radius 1 is 0.897 bits per heavy atom. The lowest BCUT2D eigenvalue weighted by atomic mass is 10.1. The summed E-state index contributed by atoms with van der Waals surface area (Å²) in [7, 11) is 0. The van der Waals surface area contributed by atoms with Crippen molar-refractivity contribution in [3.8, 4) is 0 Å². The zero-order valence-electron chi connectivity index (χ0n) is 15.8. The zero-order chi connectivity index (χ0) is 20.5. The molecule has 0 fully saturated rings. The second kappa shape index (κ2) is 9.99. The molecule has 5 heteroatoms. The van der Waals surface area contributed by atoms with Crippen molar-refractivity contribution in [3.05, 3.63) is 107 Å². The molecule has 0 aromatic heterocycles. The molecule has 146 valence electrons. The van der Waals surface area contributed by atoms with Gasteiger partial charge in [0.25, 0.3) is 5.91 Å². The molecule has 0 bridgehead atoms. The molecular formula is C24H21FN2O2. The van der Waals surface area contributed by atoms with Crippen LogP contribution in [-0.2, 0) is 11.2 Å². The van der Waals surface area contributed by atoms with E-state index in [2.05, 4.69) is 10.6 Å². The molecule has 0 aliphatic heterocycles. The van der Waals surface area contributed by atoms with Crippen molar-refractivity contribution in [3.63, 3.8) is 0 Å². The minimum atomic E-state index is -0.404. The first kappa shape index (κ1) is 20.0. The molecule has 4 nitrogen and oxygen atoms in total. The van der Waals surface area contributed by atoms with Gasteiger partial charge in [0.15, 0.2) is 0 Å². The average molecular weight is 388 g/mol. The van der Waals surface area contributed by atoms with E-state index in [0.717, 1.165) is 12.0 Å². The first-order chi connectivity index (χ1) is 14.1. The van der Waals surface area contributed by atoms with Crippen molar-refractivity contribution in [2.24, 2.45) is 0 Å². The number of halogens is 1. The van der Waals surface area contributed by atoms with Crippen LogP contribution in [0.5, 0.6) is 0 Å². The number of rotatable bonds is 7. The molecule has 0 radical (unpaired) electrons. The van der Waals surface area contributed by atoms with E-state index in [9.17, 15) is 14.0 Å². The third kappa shape index (κ3) is 6.14.